The molecule has 2 atom stereocenters. The van der Waals surface area contributed by atoms with Crippen LogP contribution in [-0.4, -0.2) is 54.3 Å². The van der Waals surface area contributed by atoms with E-state index in [0.29, 0.717) is 24.4 Å². The number of rotatable bonds is 5. The molecule has 0 N–H and O–H groups in total. The van der Waals surface area contributed by atoms with Crippen LogP contribution in [0.4, 0.5) is 18.9 Å². The van der Waals surface area contributed by atoms with Crippen molar-refractivity contribution in [1.82, 2.24) is 4.90 Å². The Morgan fingerprint density at radius 1 is 1.26 bits per heavy atom. The Morgan fingerprint density at radius 3 is 2.56 bits per heavy atom. The Bertz CT molecular complexity index is 736. The molecule has 0 amide bonds. The van der Waals surface area contributed by atoms with Crippen molar-refractivity contribution in [3.63, 3.8) is 0 Å². The summed E-state index contributed by atoms with van der Waals surface area (Å²) in [5.41, 5.74) is 0.720. The average molecular weight is 400 g/mol. The van der Waals surface area contributed by atoms with Gasteiger partial charge >= 0.3 is 6.18 Å². The molecule has 27 heavy (non-hydrogen) atoms. The zero-order valence-corrected chi connectivity index (χ0v) is 16.2. The largest absolute Gasteiger partial charge is 0.416 e. The van der Waals surface area contributed by atoms with Gasteiger partial charge in [-0.25, -0.2) is 0 Å². The third kappa shape index (κ3) is 4.66. The first-order valence-electron chi connectivity index (χ1n) is 8.99. The topological polar surface area (TPSA) is 40.6 Å². The normalized spacial score (nSPS) is 23.7. The van der Waals surface area contributed by atoms with Gasteiger partial charge in [-0.3, -0.25) is 9.59 Å². The number of carbonyl (C=O) groups excluding carboxylic acids is 2. The maximum Gasteiger partial charge on any atom is 0.416 e. The number of benzene rings is 1. The van der Waals surface area contributed by atoms with Gasteiger partial charge in [-0.1, -0.05) is 11.8 Å². The average Bonchev–Trinajstić information content (AvgIpc) is 3.18. The van der Waals surface area contributed by atoms with Crippen molar-refractivity contribution >= 4 is 28.3 Å². The number of alkyl halides is 3. The number of anilines is 1. The summed E-state index contributed by atoms with van der Waals surface area (Å²) in [6.45, 7) is 1.55. The van der Waals surface area contributed by atoms with Crippen LogP contribution in [0.5, 0.6) is 0 Å². The molecule has 0 aliphatic carbocycles. The van der Waals surface area contributed by atoms with E-state index >= 15 is 0 Å². The van der Waals surface area contributed by atoms with Crippen molar-refractivity contribution < 1.29 is 22.8 Å². The fourth-order valence-electron chi connectivity index (χ4n) is 3.68. The highest BCUT2D eigenvalue weighted by molar-refractivity contribution is 8.15. The molecule has 0 aromatic heterocycles. The first-order valence-corrected chi connectivity index (χ1v) is 9.87. The number of likely N-dealkylation sites (N-methyl/N-ethyl adjacent to an activating group) is 1. The summed E-state index contributed by atoms with van der Waals surface area (Å²) in [4.78, 5) is 27.5. The summed E-state index contributed by atoms with van der Waals surface area (Å²) < 4.78 is 39.5. The molecule has 1 aromatic carbocycles. The van der Waals surface area contributed by atoms with Crippen LogP contribution in [0.2, 0.25) is 0 Å². The number of aryl methyl sites for hydroxylation is 1. The third-order valence-electron chi connectivity index (χ3n) is 5.27. The van der Waals surface area contributed by atoms with Gasteiger partial charge in [0.25, 0.3) is 0 Å². The Labute approximate surface area is 161 Å². The van der Waals surface area contributed by atoms with Crippen LogP contribution < -0.4 is 4.90 Å². The highest BCUT2D eigenvalue weighted by Crippen LogP contribution is 2.36. The summed E-state index contributed by atoms with van der Waals surface area (Å²) in [7, 11) is 4.00. The number of hydrogen-bond acceptors (Lipinski definition) is 5. The number of halogens is 3. The zero-order valence-electron chi connectivity index (χ0n) is 15.4. The van der Waals surface area contributed by atoms with Crippen LogP contribution in [0.1, 0.15) is 30.4 Å². The summed E-state index contributed by atoms with van der Waals surface area (Å²) in [5.74, 6) is -0.118. The van der Waals surface area contributed by atoms with Gasteiger partial charge < -0.3 is 9.80 Å². The summed E-state index contributed by atoms with van der Waals surface area (Å²) in [5, 5.41) is -0.587. The Kier molecular flexibility index (Phi) is 5.86. The number of ketones is 1. The lowest BCUT2D eigenvalue weighted by Gasteiger charge is -2.25. The Balaban J connectivity index is 1.82. The SMILES string of the molecule is CN(C)[C@H]1CCN(c2ccc(C(F)(F)F)cc2CCC2SC(=O)CC2=O)C1. The van der Waals surface area contributed by atoms with Crippen LogP contribution in [0, 0.1) is 0 Å². The molecule has 0 spiro atoms. The first kappa shape index (κ1) is 20.2. The highest BCUT2D eigenvalue weighted by atomic mass is 32.2. The minimum atomic E-state index is -4.40. The molecule has 0 bridgehead atoms. The first-order chi connectivity index (χ1) is 12.6. The van der Waals surface area contributed by atoms with Crippen LogP contribution in [0.15, 0.2) is 18.2 Å². The molecule has 2 fully saturated rings. The molecule has 1 unspecified atom stereocenters. The summed E-state index contributed by atoms with van der Waals surface area (Å²) >= 11 is 1.01. The molecule has 0 saturated carbocycles. The maximum atomic E-state index is 13.2. The van der Waals surface area contributed by atoms with E-state index in [4.69, 9.17) is 0 Å². The van der Waals surface area contributed by atoms with E-state index in [9.17, 15) is 22.8 Å². The van der Waals surface area contributed by atoms with Gasteiger partial charge in [0, 0.05) is 24.8 Å². The monoisotopic (exact) mass is 400 g/mol. The van der Waals surface area contributed by atoms with E-state index in [-0.39, 0.29) is 17.3 Å². The van der Waals surface area contributed by atoms with Crippen LogP contribution in [0.25, 0.3) is 0 Å². The number of thioether (sulfide) groups is 1. The van der Waals surface area contributed by atoms with Gasteiger partial charge in [0.1, 0.15) is 0 Å². The molecule has 2 heterocycles. The van der Waals surface area contributed by atoms with Gasteiger partial charge in [-0.05, 0) is 57.1 Å². The molecule has 148 valence electrons. The van der Waals surface area contributed by atoms with Crippen molar-refractivity contribution in [2.45, 2.75) is 43.2 Å². The summed E-state index contributed by atoms with van der Waals surface area (Å²) in [6, 6.07) is 4.24. The van der Waals surface area contributed by atoms with Crippen molar-refractivity contribution in [2.75, 3.05) is 32.1 Å². The van der Waals surface area contributed by atoms with Crippen molar-refractivity contribution in [3.05, 3.63) is 29.3 Å². The molecule has 1 aromatic rings. The van der Waals surface area contributed by atoms with E-state index in [1.807, 2.05) is 14.1 Å². The summed E-state index contributed by atoms with van der Waals surface area (Å²) in [6.07, 6.45) is -2.79. The standard InChI is InChI=1S/C19H23F3N2O2S/c1-23(2)14-7-8-24(11-14)15-5-4-13(19(20,21)22)9-12(15)3-6-17-16(25)10-18(26)27-17/h4-5,9,14,17H,3,6-8,10-11H2,1-2H3/t14-,17?/m0/s1. The lowest BCUT2D eigenvalue weighted by Crippen LogP contribution is -2.31. The maximum absolute atomic E-state index is 13.2. The molecule has 3 rings (SSSR count). The molecule has 8 heteroatoms. The van der Waals surface area contributed by atoms with Gasteiger partial charge in [-0.15, -0.1) is 0 Å². The van der Waals surface area contributed by atoms with Gasteiger partial charge in [0.05, 0.1) is 17.2 Å². The molecular weight excluding hydrogens is 377 g/mol. The molecular formula is C19H23F3N2O2S. The third-order valence-corrected chi connectivity index (χ3v) is 6.46. The zero-order chi connectivity index (χ0) is 19.8. The second-order valence-electron chi connectivity index (χ2n) is 7.35. The van der Waals surface area contributed by atoms with Gasteiger partial charge in [0.15, 0.2) is 10.9 Å². The van der Waals surface area contributed by atoms with E-state index in [1.54, 1.807) is 6.07 Å². The highest BCUT2D eigenvalue weighted by Gasteiger charge is 2.34. The van der Waals surface area contributed by atoms with Crippen LogP contribution in [0.3, 0.4) is 0 Å². The van der Waals surface area contributed by atoms with E-state index in [1.165, 1.54) is 6.07 Å². The number of Topliss-reactive ketones (excluding diaryl/α,β-unsaturated/α-hetero) is 1. The smallest absolute Gasteiger partial charge is 0.370 e. The molecule has 2 aliphatic rings. The van der Waals surface area contributed by atoms with Gasteiger partial charge in [0.2, 0.25) is 0 Å². The molecule has 2 aliphatic heterocycles. The number of hydrogen-bond donors (Lipinski definition) is 0. The number of nitrogens with zero attached hydrogens (tertiary/aromatic N) is 2. The lowest BCUT2D eigenvalue weighted by atomic mass is 10.0. The predicted octanol–water partition coefficient (Wildman–Crippen LogP) is 3.38. The fraction of sp³-hybridized carbons (Fsp3) is 0.579. The van der Waals surface area contributed by atoms with E-state index < -0.39 is 17.0 Å². The molecule has 4 nitrogen and oxygen atoms in total. The Hall–Kier alpha value is -1.54. The van der Waals surface area contributed by atoms with Crippen LogP contribution >= 0.6 is 11.8 Å². The van der Waals surface area contributed by atoms with E-state index in [0.717, 1.165) is 43.0 Å². The van der Waals surface area contributed by atoms with Crippen molar-refractivity contribution in [2.24, 2.45) is 0 Å². The van der Waals surface area contributed by atoms with Crippen molar-refractivity contribution in [3.8, 4) is 0 Å². The fourth-order valence-corrected chi connectivity index (χ4v) is 4.67. The van der Waals surface area contributed by atoms with Crippen LogP contribution in [-0.2, 0) is 22.2 Å². The molecule has 2 saturated heterocycles. The lowest BCUT2D eigenvalue weighted by molar-refractivity contribution is -0.137. The molecule has 0 radical (unpaired) electrons. The quantitative estimate of drug-likeness (QED) is 0.709. The second-order valence-corrected chi connectivity index (χ2v) is 8.61. The second kappa shape index (κ2) is 7.83. The van der Waals surface area contributed by atoms with E-state index in [2.05, 4.69) is 9.80 Å². The number of carbonyl (C=O) groups is 2. The minimum Gasteiger partial charge on any atom is -0.370 e. The van der Waals surface area contributed by atoms with Gasteiger partial charge in [-0.2, -0.15) is 13.2 Å². The Morgan fingerprint density at radius 2 is 2.00 bits per heavy atom. The predicted molar refractivity (Wildman–Crippen MR) is 100 cm³/mol. The van der Waals surface area contributed by atoms with Crippen molar-refractivity contribution in [1.29, 1.82) is 0 Å². The minimum absolute atomic E-state index is 0.0680.